The average Bonchev–Trinajstić information content (AvgIpc) is 2.79. The molecule has 0 aromatic carbocycles. The van der Waals surface area contributed by atoms with E-state index in [0.717, 1.165) is 50.5 Å². The van der Waals surface area contributed by atoms with Crippen LogP contribution in [-0.2, 0) is 14.4 Å². The van der Waals surface area contributed by atoms with Crippen LogP contribution in [0.4, 0.5) is 0 Å². The maximum Gasteiger partial charge on any atom is 0.235 e. The summed E-state index contributed by atoms with van der Waals surface area (Å²) in [5.41, 5.74) is -0.793. The van der Waals surface area contributed by atoms with Crippen molar-refractivity contribution in [3.05, 3.63) is 23.3 Å². The molecule has 5 rings (SSSR count). The maximum absolute atomic E-state index is 14.3. The summed E-state index contributed by atoms with van der Waals surface area (Å²) in [6.07, 6.45) is 11.8. The van der Waals surface area contributed by atoms with E-state index < -0.39 is 16.4 Å². The predicted octanol–water partition coefficient (Wildman–Crippen LogP) is 6.29. The highest BCUT2D eigenvalue weighted by Crippen LogP contribution is 2.73. The number of carbonyl (C=O) groups excluding carboxylic acids is 3. The van der Waals surface area contributed by atoms with E-state index in [9.17, 15) is 19.6 Å². The van der Waals surface area contributed by atoms with Crippen LogP contribution in [0.3, 0.4) is 0 Å². The molecule has 36 heavy (non-hydrogen) atoms. The number of isocyanates is 1. The normalized spacial score (nSPS) is 46.4. The molecule has 0 aromatic heterocycles. The molecule has 5 heteroatoms. The topological polar surface area (TPSA) is 87.4 Å². The summed E-state index contributed by atoms with van der Waals surface area (Å²) in [6, 6.07) is 2.17. The molecular weight excluding hydrogens is 448 g/mol. The van der Waals surface area contributed by atoms with E-state index >= 15 is 0 Å². The van der Waals surface area contributed by atoms with Crippen LogP contribution in [0, 0.1) is 56.2 Å². The van der Waals surface area contributed by atoms with Gasteiger partial charge in [0.1, 0.15) is 6.07 Å². The van der Waals surface area contributed by atoms with Crippen LogP contribution in [0.5, 0.6) is 0 Å². The van der Waals surface area contributed by atoms with Gasteiger partial charge in [0, 0.05) is 16.7 Å². The Hall–Kier alpha value is -2.31. The van der Waals surface area contributed by atoms with Crippen molar-refractivity contribution in [3.63, 3.8) is 0 Å². The van der Waals surface area contributed by atoms with Crippen LogP contribution < -0.4 is 0 Å². The fourth-order valence-electron chi connectivity index (χ4n) is 9.89. The minimum atomic E-state index is -0.661. The van der Waals surface area contributed by atoms with E-state index in [1.807, 2.05) is 32.1 Å². The number of allylic oxidation sites excluding steroid dienone is 4. The molecule has 0 bridgehead atoms. The molecule has 3 fully saturated rings. The van der Waals surface area contributed by atoms with Crippen molar-refractivity contribution in [2.75, 3.05) is 0 Å². The number of nitriles is 1. The first kappa shape index (κ1) is 25.3. The number of hydrogen-bond acceptors (Lipinski definition) is 5. The third-order valence-electron chi connectivity index (χ3n) is 12.1. The van der Waals surface area contributed by atoms with Crippen molar-refractivity contribution in [1.82, 2.24) is 0 Å². The first-order chi connectivity index (χ1) is 16.6. The van der Waals surface area contributed by atoms with Crippen molar-refractivity contribution in [2.24, 2.45) is 49.8 Å². The summed E-state index contributed by atoms with van der Waals surface area (Å²) in [6.45, 7) is 15.3. The van der Waals surface area contributed by atoms with Gasteiger partial charge in [-0.3, -0.25) is 9.59 Å². The van der Waals surface area contributed by atoms with E-state index in [2.05, 4.69) is 45.7 Å². The SMILES string of the molecule is CC1(C)CCC2(N=C=O)CCC3(C)C(C(=O)C=C4C5(C)C=C(C#N)C(=O)C(C)(C)C5CCC43C)C2C1. The lowest BCUT2D eigenvalue weighted by atomic mass is 9.35. The molecule has 7 atom stereocenters. The fraction of sp³-hybridized carbons (Fsp3) is 0.742. The molecule has 0 N–H and O–H groups in total. The molecule has 0 spiro atoms. The number of carbonyl (C=O) groups is 2. The molecule has 5 aliphatic rings. The van der Waals surface area contributed by atoms with Gasteiger partial charge in [-0.2, -0.15) is 10.3 Å². The summed E-state index contributed by atoms with van der Waals surface area (Å²) >= 11 is 0. The second-order valence-corrected chi connectivity index (χ2v) is 14.6. The van der Waals surface area contributed by atoms with Crippen molar-refractivity contribution in [1.29, 1.82) is 5.26 Å². The molecule has 0 heterocycles. The Labute approximate surface area is 215 Å². The molecule has 192 valence electrons. The summed E-state index contributed by atoms with van der Waals surface area (Å²) in [5, 5.41) is 9.84. The summed E-state index contributed by atoms with van der Waals surface area (Å²) in [5.74, 6) is -0.0844. The molecule has 3 saturated carbocycles. The Morgan fingerprint density at radius 1 is 0.972 bits per heavy atom. The molecule has 0 radical (unpaired) electrons. The van der Waals surface area contributed by atoms with Gasteiger partial charge < -0.3 is 0 Å². The smallest absolute Gasteiger partial charge is 0.235 e. The van der Waals surface area contributed by atoms with E-state index in [4.69, 9.17) is 0 Å². The number of hydrogen-bond donors (Lipinski definition) is 0. The van der Waals surface area contributed by atoms with Gasteiger partial charge in [0.2, 0.25) is 6.08 Å². The third-order valence-corrected chi connectivity index (χ3v) is 12.1. The Morgan fingerprint density at radius 3 is 2.28 bits per heavy atom. The highest BCUT2D eigenvalue weighted by atomic mass is 16.1. The van der Waals surface area contributed by atoms with Crippen LogP contribution in [0.25, 0.3) is 0 Å². The van der Waals surface area contributed by atoms with Gasteiger partial charge in [0.25, 0.3) is 0 Å². The Morgan fingerprint density at radius 2 is 1.64 bits per heavy atom. The molecule has 7 unspecified atom stereocenters. The van der Waals surface area contributed by atoms with Crippen molar-refractivity contribution in [3.8, 4) is 6.07 Å². The third kappa shape index (κ3) is 2.94. The zero-order valence-electron chi connectivity index (χ0n) is 23.0. The van der Waals surface area contributed by atoms with Gasteiger partial charge in [0.05, 0.1) is 11.1 Å². The van der Waals surface area contributed by atoms with Gasteiger partial charge >= 0.3 is 0 Å². The fourth-order valence-corrected chi connectivity index (χ4v) is 9.89. The second-order valence-electron chi connectivity index (χ2n) is 14.6. The van der Waals surface area contributed by atoms with Crippen LogP contribution >= 0.6 is 0 Å². The molecule has 5 aliphatic carbocycles. The van der Waals surface area contributed by atoms with Gasteiger partial charge in [-0.15, -0.1) is 0 Å². The van der Waals surface area contributed by atoms with Crippen LogP contribution in [0.1, 0.15) is 93.4 Å². The Bertz CT molecular complexity index is 1210. The van der Waals surface area contributed by atoms with Gasteiger partial charge in [-0.1, -0.05) is 60.1 Å². The van der Waals surface area contributed by atoms with Crippen LogP contribution in [0.2, 0.25) is 0 Å². The van der Waals surface area contributed by atoms with Crippen molar-refractivity contribution >= 4 is 17.6 Å². The lowest BCUT2D eigenvalue weighted by Crippen LogP contribution is -2.66. The number of Topliss-reactive ketones (excluding diaryl/α,β-unsaturated/α-hetero) is 1. The molecule has 0 saturated heterocycles. The number of nitrogens with zero attached hydrogens (tertiary/aromatic N) is 2. The average molecular weight is 489 g/mol. The largest absolute Gasteiger partial charge is 0.295 e. The lowest BCUT2D eigenvalue weighted by Gasteiger charge is -2.68. The Kier molecular flexibility index (Phi) is 5.20. The van der Waals surface area contributed by atoms with Gasteiger partial charge in [0.15, 0.2) is 11.6 Å². The Balaban J connectivity index is 1.71. The first-order valence-electron chi connectivity index (χ1n) is 13.7. The quantitative estimate of drug-likeness (QED) is 0.320. The summed E-state index contributed by atoms with van der Waals surface area (Å²) < 4.78 is 0. The van der Waals surface area contributed by atoms with Crippen molar-refractivity contribution < 1.29 is 14.4 Å². The molecule has 0 amide bonds. The molecule has 0 aliphatic heterocycles. The molecule has 0 aromatic rings. The maximum atomic E-state index is 14.3. The second kappa shape index (κ2) is 7.38. The van der Waals surface area contributed by atoms with Gasteiger partial charge in [-0.05, 0) is 79.1 Å². The van der Waals surface area contributed by atoms with Gasteiger partial charge in [-0.25, -0.2) is 4.79 Å². The summed E-state index contributed by atoms with van der Waals surface area (Å²) in [4.78, 5) is 43.5. The monoisotopic (exact) mass is 488 g/mol. The lowest BCUT2D eigenvalue weighted by molar-refractivity contribution is -0.158. The number of ketones is 2. The van der Waals surface area contributed by atoms with E-state index in [1.54, 1.807) is 0 Å². The standard InChI is InChI=1S/C31H40N2O3/c1-26(2)10-12-31(33-18-34)13-11-30(7)24(20(31)16-26)21(35)14-23-28(5)15-19(17-32)25(36)27(3,4)22(28)8-9-29(23,30)6/h14-15,20,22,24H,8-13,16H2,1-7H3. The molecule has 5 nitrogen and oxygen atoms in total. The summed E-state index contributed by atoms with van der Waals surface area (Å²) in [7, 11) is 0. The van der Waals surface area contributed by atoms with E-state index in [0.29, 0.717) is 0 Å². The number of aliphatic imine (C=N–C) groups is 1. The zero-order valence-corrected chi connectivity index (χ0v) is 23.0. The zero-order chi connectivity index (χ0) is 26.5. The minimum absolute atomic E-state index is 0.0173. The van der Waals surface area contributed by atoms with Crippen LogP contribution in [-0.4, -0.2) is 23.2 Å². The van der Waals surface area contributed by atoms with E-state index in [1.165, 1.54) is 0 Å². The van der Waals surface area contributed by atoms with Crippen LogP contribution in [0.15, 0.2) is 28.3 Å². The molecular formula is C31H40N2O3. The minimum Gasteiger partial charge on any atom is -0.295 e. The van der Waals surface area contributed by atoms with Crippen molar-refractivity contribution in [2.45, 2.75) is 99.0 Å². The number of rotatable bonds is 1. The predicted molar refractivity (Wildman–Crippen MR) is 137 cm³/mol. The highest BCUT2D eigenvalue weighted by Gasteiger charge is 2.70. The first-order valence-corrected chi connectivity index (χ1v) is 13.7. The highest BCUT2D eigenvalue weighted by molar-refractivity contribution is 6.04. The van der Waals surface area contributed by atoms with E-state index in [-0.39, 0.29) is 51.1 Å². The number of fused-ring (bicyclic) bond motifs is 7.